The number of aromatic nitrogens is 1. The summed E-state index contributed by atoms with van der Waals surface area (Å²) in [6.45, 7) is 15.2. The van der Waals surface area contributed by atoms with Gasteiger partial charge in [0.15, 0.2) is 6.29 Å². The van der Waals surface area contributed by atoms with Crippen LogP contribution in [0.25, 0.3) is 16.6 Å². The standard InChI is InChI=1S/C25H31NO2/c1-16-9-10-26-18(11-16)14-19(22(26)15-27)17-12-20(24(2,3)4)23(28-8)21(13-17)25(5,6)7/h9-15H,1-8H3. The Bertz CT molecular complexity index is 1010. The lowest BCUT2D eigenvalue weighted by atomic mass is 9.77. The number of nitrogens with zero attached hydrogens (tertiary/aromatic N) is 1. The highest BCUT2D eigenvalue weighted by Crippen LogP contribution is 2.43. The van der Waals surface area contributed by atoms with Crippen molar-refractivity contribution >= 4 is 11.8 Å². The van der Waals surface area contributed by atoms with Crippen LogP contribution in [0.15, 0.2) is 36.5 Å². The maximum Gasteiger partial charge on any atom is 0.167 e. The molecule has 2 heterocycles. The number of methoxy groups -OCH3 is 1. The van der Waals surface area contributed by atoms with Gasteiger partial charge in [-0.2, -0.15) is 0 Å². The monoisotopic (exact) mass is 377 g/mol. The van der Waals surface area contributed by atoms with Gasteiger partial charge < -0.3 is 9.14 Å². The zero-order valence-electron chi connectivity index (χ0n) is 18.3. The van der Waals surface area contributed by atoms with Gasteiger partial charge in [0.05, 0.1) is 12.8 Å². The summed E-state index contributed by atoms with van der Waals surface area (Å²) in [5, 5.41) is 0. The summed E-state index contributed by atoms with van der Waals surface area (Å²) in [6.07, 6.45) is 2.92. The van der Waals surface area contributed by atoms with Crippen LogP contribution < -0.4 is 4.74 Å². The third kappa shape index (κ3) is 3.46. The number of hydrogen-bond donors (Lipinski definition) is 0. The summed E-state index contributed by atoms with van der Waals surface area (Å²) < 4.78 is 7.84. The molecule has 0 radical (unpaired) electrons. The molecule has 0 aliphatic heterocycles. The van der Waals surface area contributed by atoms with Crippen LogP contribution in [0.2, 0.25) is 0 Å². The molecule has 3 rings (SSSR count). The van der Waals surface area contributed by atoms with Crippen LogP contribution in [0.1, 0.15) is 68.7 Å². The molecule has 1 aromatic carbocycles. The van der Waals surface area contributed by atoms with E-state index in [-0.39, 0.29) is 10.8 Å². The van der Waals surface area contributed by atoms with Crippen LogP contribution in [0.5, 0.6) is 5.75 Å². The summed E-state index contributed by atoms with van der Waals surface area (Å²) in [5.74, 6) is 0.941. The van der Waals surface area contributed by atoms with Crippen LogP contribution in [0.4, 0.5) is 0 Å². The Hall–Kier alpha value is -2.55. The van der Waals surface area contributed by atoms with Crippen molar-refractivity contribution in [2.75, 3.05) is 7.11 Å². The second kappa shape index (κ2) is 6.80. The molecule has 3 aromatic rings. The molecule has 0 saturated carbocycles. The number of ether oxygens (including phenoxy) is 1. The number of pyridine rings is 1. The quantitative estimate of drug-likeness (QED) is 0.499. The fourth-order valence-corrected chi connectivity index (χ4v) is 3.78. The van der Waals surface area contributed by atoms with Crippen LogP contribution in [-0.4, -0.2) is 17.8 Å². The Balaban J connectivity index is 2.40. The number of rotatable bonds is 3. The average Bonchev–Trinajstić information content (AvgIpc) is 2.96. The molecule has 0 atom stereocenters. The highest BCUT2D eigenvalue weighted by molar-refractivity contribution is 5.90. The van der Waals surface area contributed by atoms with Gasteiger partial charge in [-0.3, -0.25) is 4.79 Å². The van der Waals surface area contributed by atoms with Gasteiger partial charge in [-0.15, -0.1) is 0 Å². The molecule has 0 N–H and O–H groups in total. The van der Waals surface area contributed by atoms with Gasteiger partial charge in [-0.1, -0.05) is 41.5 Å². The zero-order chi connectivity index (χ0) is 20.9. The molecule has 148 valence electrons. The normalized spacial score (nSPS) is 12.4. The first-order valence-electron chi connectivity index (χ1n) is 9.77. The van der Waals surface area contributed by atoms with Gasteiger partial charge in [0.2, 0.25) is 0 Å². The fourth-order valence-electron chi connectivity index (χ4n) is 3.78. The predicted molar refractivity (Wildman–Crippen MR) is 117 cm³/mol. The topological polar surface area (TPSA) is 30.7 Å². The maximum atomic E-state index is 12.0. The van der Waals surface area contributed by atoms with Crippen molar-refractivity contribution in [3.8, 4) is 16.9 Å². The van der Waals surface area contributed by atoms with Crippen molar-refractivity contribution in [2.45, 2.75) is 59.3 Å². The number of hydrogen-bond acceptors (Lipinski definition) is 2. The summed E-state index contributed by atoms with van der Waals surface area (Å²) in [6, 6.07) is 10.6. The van der Waals surface area contributed by atoms with Gasteiger partial charge in [-0.25, -0.2) is 0 Å². The Morgan fingerprint density at radius 2 is 1.50 bits per heavy atom. The third-order valence-corrected chi connectivity index (χ3v) is 5.30. The van der Waals surface area contributed by atoms with Gasteiger partial charge in [0.1, 0.15) is 5.75 Å². The van der Waals surface area contributed by atoms with E-state index in [4.69, 9.17) is 4.74 Å². The van der Waals surface area contributed by atoms with E-state index in [1.807, 2.05) is 16.7 Å². The number of carbonyl (C=O) groups is 1. The Kier molecular flexibility index (Phi) is 4.91. The van der Waals surface area contributed by atoms with Crippen molar-refractivity contribution in [3.05, 3.63) is 58.9 Å². The lowest BCUT2D eigenvalue weighted by Gasteiger charge is -2.30. The van der Waals surface area contributed by atoms with Crippen LogP contribution >= 0.6 is 0 Å². The number of aryl methyl sites for hydroxylation is 1. The van der Waals surface area contributed by atoms with Crippen molar-refractivity contribution in [2.24, 2.45) is 0 Å². The fraction of sp³-hybridized carbons (Fsp3) is 0.400. The lowest BCUT2D eigenvalue weighted by Crippen LogP contribution is -2.19. The molecule has 28 heavy (non-hydrogen) atoms. The largest absolute Gasteiger partial charge is 0.496 e. The minimum Gasteiger partial charge on any atom is -0.496 e. The predicted octanol–water partition coefficient (Wildman–Crippen LogP) is 6.33. The van der Waals surface area contributed by atoms with Crippen molar-refractivity contribution in [1.29, 1.82) is 0 Å². The van der Waals surface area contributed by atoms with E-state index in [9.17, 15) is 4.79 Å². The maximum absolute atomic E-state index is 12.0. The highest BCUT2D eigenvalue weighted by Gasteiger charge is 2.28. The van der Waals surface area contributed by atoms with Crippen molar-refractivity contribution in [3.63, 3.8) is 0 Å². The van der Waals surface area contributed by atoms with Crippen molar-refractivity contribution in [1.82, 2.24) is 4.40 Å². The summed E-state index contributed by atoms with van der Waals surface area (Å²) in [5.41, 5.74) is 7.04. The van der Waals surface area contributed by atoms with E-state index in [0.717, 1.165) is 39.8 Å². The van der Waals surface area contributed by atoms with E-state index in [1.165, 1.54) is 5.56 Å². The first-order valence-corrected chi connectivity index (χ1v) is 9.77. The molecular formula is C25H31NO2. The Morgan fingerprint density at radius 1 is 0.929 bits per heavy atom. The van der Waals surface area contributed by atoms with Crippen LogP contribution in [-0.2, 0) is 10.8 Å². The summed E-state index contributed by atoms with van der Waals surface area (Å²) >= 11 is 0. The molecule has 3 heteroatoms. The first-order chi connectivity index (χ1) is 13.0. The Labute approximate surface area is 168 Å². The van der Waals surface area contributed by atoms with E-state index < -0.39 is 0 Å². The Morgan fingerprint density at radius 3 is 1.96 bits per heavy atom. The molecular weight excluding hydrogens is 346 g/mol. The number of benzene rings is 1. The van der Waals surface area contributed by atoms with Crippen LogP contribution in [0, 0.1) is 6.92 Å². The molecule has 0 aliphatic rings. The molecule has 0 saturated heterocycles. The number of carbonyl (C=O) groups excluding carboxylic acids is 1. The lowest BCUT2D eigenvalue weighted by molar-refractivity contribution is 0.111. The van der Waals surface area contributed by atoms with E-state index in [0.29, 0.717) is 5.69 Å². The van der Waals surface area contributed by atoms with E-state index in [2.05, 4.69) is 72.7 Å². The van der Waals surface area contributed by atoms with E-state index in [1.54, 1.807) is 7.11 Å². The average molecular weight is 378 g/mol. The molecule has 3 nitrogen and oxygen atoms in total. The molecule has 2 aromatic heterocycles. The molecule has 0 bridgehead atoms. The SMILES string of the molecule is COc1c(C(C)(C)C)cc(-c2cc3cc(C)ccn3c2C=O)cc1C(C)(C)C. The molecule has 0 unspecified atom stereocenters. The zero-order valence-corrected chi connectivity index (χ0v) is 18.3. The summed E-state index contributed by atoms with van der Waals surface area (Å²) in [4.78, 5) is 12.0. The third-order valence-electron chi connectivity index (χ3n) is 5.30. The second-order valence-electron chi connectivity index (χ2n) is 9.66. The smallest absolute Gasteiger partial charge is 0.167 e. The van der Waals surface area contributed by atoms with Crippen LogP contribution in [0.3, 0.4) is 0 Å². The van der Waals surface area contributed by atoms with Gasteiger partial charge in [0.25, 0.3) is 0 Å². The summed E-state index contributed by atoms with van der Waals surface area (Å²) in [7, 11) is 1.74. The molecule has 0 fully saturated rings. The second-order valence-corrected chi connectivity index (χ2v) is 9.66. The minimum absolute atomic E-state index is 0.0849. The van der Waals surface area contributed by atoms with Gasteiger partial charge >= 0.3 is 0 Å². The minimum atomic E-state index is -0.0849. The van der Waals surface area contributed by atoms with Gasteiger partial charge in [-0.05, 0) is 59.2 Å². The number of aldehydes is 1. The molecule has 0 spiro atoms. The number of fused-ring (bicyclic) bond motifs is 1. The molecule has 0 amide bonds. The highest BCUT2D eigenvalue weighted by atomic mass is 16.5. The first kappa shape index (κ1) is 20.2. The molecule has 0 aliphatic carbocycles. The van der Waals surface area contributed by atoms with Gasteiger partial charge in [0, 0.05) is 28.4 Å². The van der Waals surface area contributed by atoms with Crippen molar-refractivity contribution < 1.29 is 9.53 Å². The van der Waals surface area contributed by atoms with E-state index >= 15 is 0 Å².